The SMILES string of the molecule is CC(C)(CC(=O)O)c1cc(Br)c(F)cc1O. The van der Waals surface area contributed by atoms with Crippen LogP contribution >= 0.6 is 15.9 Å². The van der Waals surface area contributed by atoms with Crippen molar-refractivity contribution in [3.63, 3.8) is 0 Å². The molecule has 1 aromatic carbocycles. The summed E-state index contributed by atoms with van der Waals surface area (Å²) < 4.78 is 13.3. The van der Waals surface area contributed by atoms with Crippen LogP contribution in [-0.4, -0.2) is 16.2 Å². The average Bonchev–Trinajstić information content (AvgIpc) is 2.08. The van der Waals surface area contributed by atoms with Gasteiger partial charge in [-0.2, -0.15) is 0 Å². The molecule has 0 unspecified atom stereocenters. The first-order valence-electron chi connectivity index (χ1n) is 4.64. The van der Waals surface area contributed by atoms with Gasteiger partial charge in [0.25, 0.3) is 0 Å². The Labute approximate surface area is 101 Å². The summed E-state index contributed by atoms with van der Waals surface area (Å²) in [6.45, 7) is 3.36. The van der Waals surface area contributed by atoms with Crippen molar-refractivity contribution in [1.29, 1.82) is 0 Å². The van der Waals surface area contributed by atoms with Gasteiger partial charge in [0.2, 0.25) is 0 Å². The highest BCUT2D eigenvalue weighted by atomic mass is 79.9. The number of halogens is 2. The van der Waals surface area contributed by atoms with Gasteiger partial charge in [-0.25, -0.2) is 4.39 Å². The Bertz CT molecular complexity index is 429. The monoisotopic (exact) mass is 290 g/mol. The number of hydrogen-bond donors (Lipinski definition) is 2. The zero-order valence-corrected chi connectivity index (χ0v) is 10.5. The Kier molecular flexibility index (Phi) is 3.57. The number of aliphatic carboxylic acids is 1. The van der Waals surface area contributed by atoms with Gasteiger partial charge in [-0.1, -0.05) is 13.8 Å². The number of carbonyl (C=O) groups is 1. The second-order valence-electron chi connectivity index (χ2n) is 4.24. The minimum absolute atomic E-state index is 0.140. The van der Waals surface area contributed by atoms with E-state index in [1.807, 2.05) is 0 Å². The lowest BCUT2D eigenvalue weighted by Gasteiger charge is -2.24. The molecule has 1 aromatic rings. The number of benzene rings is 1. The van der Waals surface area contributed by atoms with E-state index in [0.717, 1.165) is 6.07 Å². The maximum Gasteiger partial charge on any atom is 0.304 e. The van der Waals surface area contributed by atoms with E-state index >= 15 is 0 Å². The number of phenolic OH excluding ortho intramolecular Hbond substituents is 1. The summed E-state index contributed by atoms with van der Waals surface area (Å²) >= 11 is 3.01. The summed E-state index contributed by atoms with van der Waals surface area (Å²) in [6.07, 6.45) is -0.140. The maximum absolute atomic E-state index is 13.1. The van der Waals surface area contributed by atoms with Crippen LogP contribution < -0.4 is 0 Å². The Morgan fingerprint density at radius 1 is 1.50 bits per heavy atom. The van der Waals surface area contributed by atoms with E-state index in [0.29, 0.717) is 5.56 Å². The van der Waals surface area contributed by atoms with Crippen LogP contribution in [0.1, 0.15) is 25.8 Å². The highest BCUT2D eigenvalue weighted by molar-refractivity contribution is 9.10. The molecular formula is C11H12BrFO3. The van der Waals surface area contributed by atoms with Crippen molar-refractivity contribution in [2.75, 3.05) is 0 Å². The molecule has 0 bridgehead atoms. The van der Waals surface area contributed by atoms with E-state index < -0.39 is 17.2 Å². The Morgan fingerprint density at radius 2 is 2.06 bits per heavy atom. The van der Waals surface area contributed by atoms with Crippen LogP contribution in [0, 0.1) is 5.82 Å². The molecule has 16 heavy (non-hydrogen) atoms. The minimum Gasteiger partial charge on any atom is -0.508 e. The van der Waals surface area contributed by atoms with Crippen molar-refractivity contribution in [3.05, 3.63) is 28.0 Å². The predicted molar refractivity (Wildman–Crippen MR) is 61.0 cm³/mol. The second-order valence-corrected chi connectivity index (χ2v) is 5.09. The normalized spacial score (nSPS) is 11.5. The first-order chi connectivity index (χ1) is 7.24. The summed E-state index contributed by atoms with van der Waals surface area (Å²) in [7, 11) is 0. The summed E-state index contributed by atoms with van der Waals surface area (Å²) in [6, 6.07) is 2.39. The van der Waals surface area contributed by atoms with Crippen molar-refractivity contribution in [2.45, 2.75) is 25.7 Å². The number of phenols is 1. The molecule has 0 amide bonds. The summed E-state index contributed by atoms with van der Waals surface area (Å²) in [5.41, 5.74) is -0.352. The lowest BCUT2D eigenvalue weighted by atomic mass is 9.81. The number of carboxylic acids is 1. The van der Waals surface area contributed by atoms with Crippen molar-refractivity contribution < 1.29 is 19.4 Å². The van der Waals surface area contributed by atoms with Gasteiger partial charge in [-0.05, 0) is 22.0 Å². The molecule has 0 spiro atoms. The molecule has 3 nitrogen and oxygen atoms in total. The first-order valence-corrected chi connectivity index (χ1v) is 5.43. The first kappa shape index (κ1) is 13.0. The van der Waals surface area contributed by atoms with Gasteiger partial charge >= 0.3 is 5.97 Å². The fourth-order valence-electron chi connectivity index (χ4n) is 1.55. The molecule has 0 aliphatic heterocycles. The summed E-state index contributed by atoms with van der Waals surface area (Å²) in [5, 5.41) is 18.4. The van der Waals surface area contributed by atoms with Gasteiger partial charge in [0, 0.05) is 17.0 Å². The number of aromatic hydroxyl groups is 1. The van der Waals surface area contributed by atoms with Crippen LogP contribution in [0.3, 0.4) is 0 Å². The standard InChI is InChI=1S/C11H12BrFO3/c1-11(2,5-10(15)16)6-3-7(12)8(13)4-9(6)14/h3-4,14H,5H2,1-2H3,(H,15,16). The highest BCUT2D eigenvalue weighted by Crippen LogP contribution is 2.36. The van der Waals surface area contributed by atoms with Crippen molar-refractivity contribution >= 4 is 21.9 Å². The quantitative estimate of drug-likeness (QED) is 0.900. The van der Waals surface area contributed by atoms with Crippen LogP contribution in [0.15, 0.2) is 16.6 Å². The summed E-state index contributed by atoms with van der Waals surface area (Å²) in [5.74, 6) is -1.77. The lowest BCUT2D eigenvalue weighted by molar-refractivity contribution is -0.138. The van der Waals surface area contributed by atoms with Crippen LogP contribution in [0.5, 0.6) is 5.75 Å². The zero-order valence-electron chi connectivity index (χ0n) is 8.92. The molecule has 88 valence electrons. The molecule has 0 heterocycles. The lowest BCUT2D eigenvalue weighted by Crippen LogP contribution is -2.22. The highest BCUT2D eigenvalue weighted by Gasteiger charge is 2.28. The van der Waals surface area contributed by atoms with E-state index in [-0.39, 0.29) is 16.6 Å². The predicted octanol–water partition coefficient (Wildman–Crippen LogP) is 3.05. The minimum atomic E-state index is -0.968. The van der Waals surface area contributed by atoms with E-state index in [1.54, 1.807) is 13.8 Å². The van der Waals surface area contributed by atoms with Crippen LogP contribution in [-0.2, 0) is 10.2 Å². The van der Waals surface area contributed by atoms with E-state index in [1.165, 1.54) is 6.07 Å². The largest absolute Gasteiger partial charge is 0.508 e. The van der Waals surface area contributed by atoms with Gasteiger partial charge in [0.1, 0.15) is 11.6 Å². The molecule has 1 rings (SSSR count). The fraction of sp³-hybridized carbons (Fsp3) is 0.364. The van der Waals surface area contributed by atoms with Crippen LogP contribution in [0.25, 0.3) is 0 Å². The number of hydrogen-bond acceptors (Lipinski definition) is 2. The number of rotatable bonds is 3. The molecule has 2 N–H and O–H groups in total. The molecule has 5 heteroatoms. The maximum atomic E-state index is 13.1. The van der Waals surface area contributed by atoms with Crippen LogP contribution in [0.4, 0.5) is 4.39 Å². The van der Waals surface area contributed by atoms with Crippen molar-refractivity contribution in [2.24, 2.45) is 0 Å². The third-order valence-electron chi connectivity index (χ3n) is 2.36. The molecule has 0 saturated heterocycles. The van der Waals surface area contributed by atoms with E-state index in [9.17, 15) is 14.3 Å². The molecule has 0 aliphatic carbocycles. The second kappa shape index (κ2) is 4.41. The zero-order chi connectivity index (χ0) is 12.5. The molecule has 0 aliphatic rings. The third kappa shape index (κ3) is 2.72. The third-order valence-corrected chi connectivity index (χ3v) is 2.97. The average molecular weight is 291 g/mol. The summed E-state index contributed by atoms with van der Waals surface area (Å²) in [4.78, 5) is 10.7. The van der Waals surface area contributed by atoms with E-state index in [2.05, 4.69) is 15.9 Å². The van der Waals surface area contributed by atoms with Gasteiger partial charge < -0.3 is 10.2 Å². The van der Waals surface area contributed by atoms with Gasteiger partial charge in [0.15, 0.2) is 0 Å². The van der Waals surface area contributed by atoms with Gasteiger partial charge in [0.05, 0.1) is 10.9 Å². The van der Waals surface area contributed by atoms with E-state index in [4.69, 9.17) is 5.11 Å². The molecule has 0 aromatic heterocycles. The molecule has 0 fully saturated rings. The Hall–Kier alpha value is -1.10. The Balaban J connectivity index is 3.22. The number of carboxylic acid groups (broad SMARTS) is 1. The molecular weight excluding hydrogens is 279 g/mol. The van der Waals surface area contributed by atoms with Crippen molar-refractivity contribution in [1.82, 2.24) is 0 Å². The molecule has 0 atom stereocenters. The molecule has 0 saturated carbocycles. The topological polar surface area (TPSA) is 57.5 Å². The molecule has 0 radical (unpaired) electrons. The smallest absolute Gasteiger partial charge is 0.304 e. The van der Waals surface area contributed by atoms with Gasteiger partial charge in [-0.15, -0.1) is 0 Å². The van der Waals surface area contributed by atoms with Crippen molar-refractivity contribution in [3.8, 4) is 5.75 Å². The van der Waals surface area contributed by atoms with Gasteiger partial charge in [-0.3, -0.25) is 4.79 Å². The Morgan fingerprint density at radius 3 is 2.56 bits per heavy atom. The fourth-order valence-corrected chi connectivity index (χ4v) is 1.90. The van der Waals surface area contributed by atoms with Crippen LogP contribution in [0.2, 0.25) is 0 Å².